The molecule has 432 valence electrons. The molecule has 6 rings (SSSR count). The Bertz CT molecular complexity index is 2410. The van der Waals surface area contributed by atoms with E-state index in [1.54, 1.807) is 81.3 Å². The average Bonchev–Trinajstić information content (AvgIpc) is 3.37. The number of ether oxygens (including phenoxy) is 9. The van der Waals surface area contributed by atoms with Gasteiger partial charge in [0, 0.05) is 42.8 Å². The van der Waals surface area contributed by atoms with Crippen molar-refractivity contribution in [3.8, 4) is 11.5 Å². The molecule has 20 heteroatoms. The van der Waals surface area contributed by atoms with Crippen LogP contribution in [0.15, 0.2) is 41.0 Å². The fourth-order valence-electron chi connectivity index (χ4n) is 13.6. The lowest BCUT2D eigenvalue weighted by atomic mass is 9.42. The Kier molecular flexibility index (Phi) is 19.2. The molecule has 0 unspecified atom stereocenters. The second kappa shape index (κ2) is 23.7. The molecule has 3 aliphatic carbocycles. The van der Waals surface area contributed by atoms with E-state index < -0.39 is 121 Å². The van der Waals surface area contributed by atoms with E-state index in [1.807, 2.05) is 27.0 Å². The minimum absolute atomic E-state index is 0.00767. The molecule has 1 aromatic carbocycles. The number of esters is 4. The SMILES string of the molecule is COc1ccc(OC)c(C(=O)O[C@H]2[C@@H]3[C@]4(OC(C)=O)CO[C@@H]4C[C@H]4O[C@@H]([C@H](OC(=O)CCCSSC)C5=C(C)[C@@H](OC(=O)[C@H](O[Si](C(C)C)(C(C)C)C(C)C)[C@H](C=C(C)C)NC(=O)OC(C)(C)C)C[C@]2(O)C5(C)C)[C@@]34C)c1. The first-order valence-corrected chi connectivity index (χ1v) is 31.9. The molecule has 2 saturated carbocycles. The van der Waals surface area contributed by atoms with Crippen LogP contribution >= 0.6 is 21.6 Å². The van der Waals surface area contributed by atoms with Gasteiger partial charge in [0.15, 0.2) is 17.8 Å². The Balaban J connectivity index is 1.63. The van der Waals surface area contributed by atoms with Gasteiger partial charge in [-0.2, -0.15) is 0 Å². The van der Waals surface area contributed by atoms with E-state index in [-0.39, 0.29) is 53.8 Å². The zero-order valence-corrected chi connectivity index (χ0v) is 51.5. The topological polar surface area (TPSA) is 210 Å². The molecule has 0 radical (unpaired) electrons. The summed E-state index contributed by atoms with van der Waals surface area (Å²) >= 11 is 0. The maximum Gasteiger partial charge on any atom is 0.408 e. The fourth-order valence-corrected chi connectivity index (χ4v) is 20.4. The number of methoxy groups -OCH3 is 2. The number of rotatable bonds is 21. The Morgan fingerprint density at radius 3 is 2.12 bits per heavy atom. The number of allylic oxidation sites excluding steroid dienone is 1. The smallest absolute Gasteiger partial charge is 0.408 e. The van der Waals surface area contributed by atoms with Crippen LogP contribution in [0.4, 0.5) is 4.79 Å². The summed E-state index contributed by atoms with van der Waals surface area (Å²) in [7, 11) is 3.11. The predicted molar refractivity (Wildman–Crippen MR) is 297 cm³/mol. The molecule has 2 saturated heterocycles. The lowest BCUT2D eigenvalue weighted by molar-refractivity contribution is -0.416. The molecule has 0 spiro atoms. The zero-order valence-electron chi connectivity index (χ0n) is 48.9. The van der Waals surface area contributed by atoms with Gasteiger partial charge in [0.25, 0.3) is 0 Å². The highest BCUT2D eigenvalue weighted by Crippen LogP contribution is 2.69. The number of nitrogens with one attached hydrogen (secondary N) is 1. The molecular formula is C57H87NO16S2Si. The first kappa shape index (κ1) is 62.4. The van der Waals surface area contributed by atoms with Crippen molar-refractivity contribution in [2.45, 2.75) is 219 Å². The van der Waals surface area contributed by atoms with Gasteiger partial charge in [-0.3, -0.25) is 9.59 Å². The number of carbonyl (C=O) groups excluding carboxylic acids is 5. The van der Waals surface area contributed by atoms with E-state index >= 15 is 9.59 Å². The predicted octanol–water partition coefficient (Wildman–Crippen LogP) is 10.2. The summed E-state index contributed by atoms with van der Waals surface area (Å²) in [5, 5.41) is 17.4. The highest BCUT2D eigenvalue weighted by Gasteiger charge is 2.82. The van der Waals surface area contributed by atoms with Crippen molar-refractivity contribution in [3.63, 3.8) is 0 Å². The highest BCUT2D eigenvalue weighted by molar-refractivity contribution is 8.76. The second-order valence-corrected chi connectivity index (χ2v) is 32.5. The van der Waals surface area contributed by atoms with Crippen molar-refractivity contribution in [3.05, 3.63) is 46.6 Å². The maximum absolute atomic E-state index is 15.8. The van der Waals surface area contributed by atoms with Gasteiger partial charge in [-0.25, -0.2) is 14.4 Å². The van der Waals surface area contributed by atoms with Crippen LogP contribution in [0.3, 0.4) is 0 Å². The molecule has 1 amide bonds. The Morgan fingerprint density at radius 2 is 1.58 bits per heavy atom. The van der Waals surface area contributed by atoms with Gasteiger partial charge < -0.3 is 57.5 Å². The number of carbonyl (C=O) groups is 5. The standard InChI is InChI=1S/C57H87NO16S2Si/c1-30(2)25-38(58-52(63)73-53(11,12)13)45(74-77(31(3)4,32(5)6)33(7)8)51(62)68-40-28-57(64)49(71-50(61)37-26-36(65-17)22-23-39(37)66-18)47-55(16)41(27-42-56(47,29-67-42)72-35(10)59)69-48(55)46(44(34(40)9)54(57,14)15)70-43(60)21-20-24-76-75-19/h22-23,25-26,31-33,38,40-42,45-49,64H,20-21,24,27-29H2,1-19H3,(H,58,63)/t38-,40-,41+,42+,45+,46+,47-,48-,49-,55+,56-,57+/m0/s1. The molecule has 5 aliphatic rings. The van der Waals surface area contributed by atoms with E-state index in [0.717, 1.165) is 5.57 Å². The molecular weight excluding hydrogens is 1050 g/mol. The molecule has 17 nitrogen and oxygen atoms in total. The van der Waals surface area contributed by atoms with Gasteiger partial charge in [0.1, 0.15) is 52.7 Å². The van der Waals surface area contributed by atoms with Crippen LogP contribution in [-0.2, 0) is 52.0 Å². The van der Waals surface area contributed by atoms with Crippen LogP contribution in [0.5, 0.6) is 11.5 Å². The van der Waals surface area contributed by atoms with Gasteiger partial charge in [0.2, 0.25) is 8.32 Å². The monoisotopic (exact) mass is 1130 g/mol. The first-order valence-electron chi connectivity index (χ1n) is 27.0. The largest absolute Gasteiger partial charge is 0.497 e. The molecule has 77 heavy (non-hydrogen) atoms. The third kappa shape index (κ3) is 11.7. The van der Waals surface area contributed by atoms with Gasteiger partial charge in [-0.05, 0) is 100 Å². The Hall–Kier alpha value is -3.79. The summed E-state index contributed by atoms with van der Waals surface area (Å²) in [4.78, 5) is 72.6. The minimum atomic E-state index is -3.00. The van der Waals surface area contributed by atoms with Crippen molar-refractivity contribution in [1.82, 2.24) is 5.32 Å². The van der Waals surface area contributed by atoms with E-state index in [1.165, 1.54) is 27.2 Å². The molecule has 1 aromatic rings. The molecule has 4 fully saturated rings. The van der Waals surface area contributed by atoms with Gasteiger partial charge >= 0.3 is 30.0 Å². The van der Waals surface area contributed by atoms with E-state index in [4.69, 9.17) is 47.1 Å². The van der Waals surface area contributed by atoms with Crippen LogP contribution in [0.1, 0.15) is 147 Å². The van der Waals surface area contributed by atoms with Gasteiger partial charge in [-0.1, -0.05) is 95.6 Å². The van der Waals surface area contributed by atoms with Crippen LogP contribution < -0.4 is 14.8 Å². The number of benzene rings is 1. The summed E-state index contributed by atoms with van der Waals surface area (Å²) in [5.41, 5.74) is -5.57. The number of hydrogen-bond acceptors (Lipinski definition) is 18. The van der Waals surface area contributed by atoms with Crippen molar-refractivity contribution in [2.24, 2.45) is 16.7 Å². The van der Waals surface area contributed by atoms with Crippen LogP contribution in [-0.4, -0.2) is 142 Å². The summed E-state index contributed by atoms with van der Waals surface area (Å²) < 4.78 is 64.4. The quantitative estimate of drug-likeness (QED) is 0.0293. The molecule has 2 bridgehead atoms. The summed E-state index contributed by atoms with van der Waals surface area (Å²) in [6, 6.07) is 3.59. The average molecular weight is 1130 g/mol. The number of aliphatic hydroxyl groups is 1. The van der Waals surface area contributed by atoms with E-state index in [2.05, 4.69) is 46.9 Å². The lowest BCUT2D eigenvalue weighted by Crippen LogP contribution is -2.86. The minimum Gasteiger partial charge on any atom is -0.497 e. The summed E-state index contributed by atoms with van der Waals surface area (Å²) in [5.74, 6) is -2.74. The molecule has 2 heterocycles. The lowest BCUT2D eigenvalue weighted by Gasteiger charge is -2.74. The molecule has 12 atom stereocenters. The number of hydrogen-bond donors (Lipinski definition) is 2. The van der Waals surface area contributed by atoms with Gasteiger partial charge in [-0.15, -0.1) is 0 Å². The third-order valence-electron chi connectivity index (χ3n) is 17.0. The fraction of sp³-hybridized carbons (Fsp3) is 0.737. The molecule has 2 N–H and O–H groups in total. The molecule has 0 aromatic heterocycles. The van der Waals surface area contributed by atoms with Crippen molar-refractivity contribution >= 4 is 59.9 Å². The van der Waals surface area contributed by atoms with Crippen molar-refractivity contribution in [1.29, 1.82) is 0 Å². The van der Waals surface area contributed by atoms with Crippen LogP contribution in [0, 0.1) is 16.7 Å². The van der Waals surface area contributed by atoms with Gasteiger partial charge in [0.05, 0.1) is 38.9 Å². The van der Waals surface area contributed by atoms with Crippen LogP contribution in [0.2, 0.25) is 16.6 Å². The summed E-state index contributed by atoms with van der Waals surface area (Å²) in [6.45, 7) is 30.0. The van der Waals surface area contributed by atoms with E-state index in [0.29, 0.717) is 29.1 Å². The zero-order chi connectivity index (χ0) is 57.5. The van der Waals surface area contributed by atoms with Crippen molar-refractivity contribution < 1.29 is 76.1 Å². The van der Waals surface area contributed by atoms with E-state index in [9.17, 15) is 19.5 Å². The van der Waals surface area contributed by atoms with Crippen LogP contribution in [0.25, 0.3) is 0 Å². The normalized spacial score (nSPS) is 29.9. The number of fused-ring (bicyclic) bond motifs is 4. The highest BCUT2D eigenvalue weighted by atomic mass is 33.1. The Labute approximate surface area is 465 Å². The van der Waals surface area contributed by atoms with Crippen molar-refractivity contribution in [2.75, 3.05) is 32.8 Å². The maximum atomic E-state index is 15.8. The third-order valence-corrected chi connectivity index (χ3v) is 25.0. The molecule has 2 aliphatic heterocycles. The number of alkyl carbamates (subject to hydrolysis) is 1. The summed E-state index contributed by atoms with van der Waals surface area (Å²) in [6.07, 6.45) is -4.35. The first-order chi connectivity index (χ1) is 35.8. The number of amides is 1. The Morgan fingerprint density at radius 1 is 0.935 bits per heavy atom. The second-order valence-electron chi connectivity index (χ2n) is 24.4.